The molecule has 1 fully saturated rings. The van der Waals surface area contributed by atoms with Gasteiger partial charge in [-0.25, -0.2) is 4.39 Å². The molecule has 0 radical (unpaired) electrons. The number of fused-ring (bicyclic) bond motifs is 1. The van der Waals surface area contributed by atoms with E-state index in [4.69, 9.17) is 9.47 Å². The third kappa shape index (κ3) is 3.47. The van der Waals surface area contributed by atoms with Crippen molar-refractivity contribution in [2.75, 3.05) is 19.7 Å². The van der Waals surface area contributed by atoms with Gasteiger partial charge in [-0.05, 0) is 62.2 Å². The molecule has 0 amide bonds. The van der Waals surface area contributed by atoms with Crippen molar-refractivity contribution in [2.45, 2.75) is 23.2 Å². The van der Waals surface area contributed by atoms with Gasteiger partial charge in [0.25, 0.3) is 5.44 Å². The summed E-state index contributed by atoms with van der Waals surface area (Å²) in [6.45, 7) is 2.50. The van der Waals surface area contributed by atoms with Crippen molar-refractivity contribution in [1.29, 1.82) is 0 Å². The second kappa shape index (κ2) is 7.23. The van der Waals surface area contributed by atoms with E-state index in [2.05, 4.69) is 5.32 Å². The predicted octanol–water partition coefficient (Wildman–Crippen LogP) is 3.40. The van der Waals surface area contributed by atoms with Gasteiger partial charge in [-0.2, -0.15) is 0 Å². The first-order valence-corrected chi connectivity index (χ1v) is 9.73. The fraction of sp³-hybridized carbons (Fsp3) is 0.368. The van der Waals surface area contributed by atoms with E-state index in [1.807, 2.05) is 12.1 Å². The number of piperidine rings is 1. The molecule has 0 spiro atoms. The first kappa shape index (κ1) is 16.7. The summed E-state index contributed by atoms with van der Waals surface area (Å²) >= 11 is -1.35. The Morgan fingerprint density at radius 2 is 2.00 bits per heavy atom. The van der Waals surface area contributed by atoms with Crippen LogP contribution < -0.4 is 14.8 Å². The Labute approximate surface area is 149 Å². The molecular weight excluding hydrogens is 341 g/mol. The second-order valence-corrected chi connectivity index (χ2v) is 7.85. The molecule has 0 aromatic heterocycles. The molecular formula is C19H20FNO3S. The Kier molecular flexibility index (Phi) is 4.83. The van der Waals surface area contributed by atoms with E-state index in [-0.39, 0.29) is 5.75 Å². The first-order valence-electron chi connectivity index (χ1n) is 8.51. The maximum atomic E-state index is 14.4. The molecule has 2 aliphatic heterocycles. The molecule has 2 heterocycles. The summed E-state index contributed by atoms with van der Waals surface area (Å²) in [6, 6.07) is 11.9. The van der Waals surface area contributed by atoms with Crippen LogP contribution in [-0.2, 0) is 11.2 Å². The molecule has 2 unspecified atom stereocenters. The summed E-state index contributed by atoms with van der Waals surface area (Å²) in [4.78, 5) is 0.652. The maximum absolute atomic E-state index is 14.4. The Morgan fingerprint density at radius 1 is 1.20 bits per heavy atom. The van der Waals surface area contributed by atoms with Gasteiger partial charge in [0.1, 0.15) is 0 Å². The lowest BCUT2D eigenvalue weighted by Gasteiger charge is -2.22. The van der Waals surface area contributed by atoms with Crippen LogP contribution in [0.4, 0.5) is 4.39 Å². The average Bonchev–Trinajstić information content (AvgIpc) is 2.99. The van der Waals surface area contributed by atoms with Gasteiger partial charge in [0, 0.05) is 16.7 Å². The lowest BCUT2D eigenvalue weighted by molar-refractivity contribution is 0.208. The highest BCUT2D eigenvalue weighted by Gasteiger charge is 2.38. The van der Waals surface area contributed by atoms with E-state index in [9.17, 15) is 8.94 Å². The molecule has 4 nitrogen and oxygen atoms in total. The highest BCUT2D eigenvalue weighted by molar-refractivity contribution is 7.91. The van der Waals surface area contributed by atoms with Crippen molar-refractivity contribution in [3.05, 3.63) is 53.8 Å². The minimum atomic E-state index is -1.35. The van der Waals surface area contributed by atoms with Gasteiger partial charge in [0.2, 0.25) is 0 Å². The molecule has 2 aromatic rings. The monoisotopic (exact) mass is 361 g/mol. The molecule has 0 aliphatic carbocycles. The van der Waals surface area contributed by atoms with Crippen LogP contribution in [0.1, 0.15) is 23.8 Å². The van der Waals surface area contributed by atoms with Crippen LogP contribution >= 0.6 is 0 Å². The summed E-state index contributed by atoms with van der Waals surface area (Å²) in [5.74, 6) is 0.851. The van der Waals surface area contributed by atoms with Crippen molar-refractivity contribution in [3.63, 3.8) is 0 Å². The summed E-state index contributed by atoms with van der Waals surface area (Å²) in [5.41, 5.74) is -0.119. The van der Waals surface area contributed by atoms with Gasteiger partial charge in [0.05, 0.1) is 6.61 Å². The normalized spacial score (nSPS) is 23.1. The van der Waals surface area contributed by atoms with Gasteiger partial charge < -0.3 is 19.3 Å². The van der Waals surface area contributed by atoms with Crippen LogP contribution in [0.25, 0.3) is 0 Å². The van der Waals surface area contributed by atoms with Crippen molar-refractivity contribution < 1.29 is 18.4 Å². The Bertz CT molecular complexity index is 751. The summed E-state index contributed by atoms with van der Waals surface area (Å²) in [6.07, 6.45) is 2.10. The van der Waals surface area contributed by atoms with Gasteiger partial charge in [-0.15, -0.1) is 0 Å². The molecule has 0 bridgehead atoms. The van der Waals surface area contributed by atoms with E-state index in [0.29, 0.717) is 28.7 Å². The minimum absolute atomic E-state index is 0.239. The summed E-state index contributed by atoms with van der Waals surface area (Å²) < 4.78 is 38.4. The SMILES string of the molecule is [O-][S+]1c2ccccc2OC1c1ccc(OCC2CCNCC2)c(F)c1. The number of para-hydroxylation sites is 1. The highest BCUT2D eigenvalue weighted by Crippen LogP contribution is 2.43. The number of nitrogens with one attached hydrogen (secondary N) is 1. The second-order valence-electron chi connectivity index (χ2n) is 6.39. The Hall–Kier alpha value is -1.76. The average molecular weight is 361 g/mol. The fourth-order valence-corrected chi connectivity index (χ4v) is 4.56. The molecule has 0 saturated carbocycles. The van der Waals surface area contributed by atoms with E-state index in [1.54, 1.807) is 24.3 Å². The minimum Gasteiger partial charge on any atom is -0.608 e. The van der Waals surface area contributed by atoms with Crippen molar-refractivity contribution >= 4 is 11.2 Å². The van der Waals surface area contributed by atoms with Gasteiger partial charge >= 0.3 is 0 Å². The molecule has 2 aliphatic rings. The molecule has 2 aromatic carbocycles. The van der Waals surface area contributed by atoms with Crippen LogP contribution in [-0.4, -0.2) is 24.2 Å². The summed E-state index contributed by atoms with van der Waals surface area (Å²) in [7, 11) is 0. The fourth-order valence-electron chi connectivity index (χ4n) is 3.22. The molecule has 6 heteroatoms. The molecule has 25 heavy (non-hydrogen) atoms. The molecule has 4 rings (SSSR count). The third-order valence-electron chi connectivity index (χ3n) is 4.66. The van der Waals surface area contributed by atoms with Gasteiger partial charge in [-0.3, -0.25) is 0 Å². The largest absolute Gasteiger partial charge is 0.608 e. The van der Waals surface area contributed by atoms with Crippen LogP contribution in [0, 0.1) is 11.7 Å². The summed E-state index contributed by atoms with van der Waals surface area (Å²) in [5, 5.41) is 3.30. The zero-order chi connectivity index (χ0) is 17.2. The first-order chi connectivity index (χ1) is 12.2. The molecule has 1 saturated heterocycles. The highest BCUT2D eigenvalue weighted by atomic mass is 32.2. The Balaban J connectivity index is 1.45. The van der Waals surface area contributed by atoms with E-state index in [1.165, 1.54) is 6.07 Å². The van der Waals surface area contributed by atoms with Gasteiger partial charge in [0.15, 0.2) is 22.2 Å². The van der Waals surface area contributed by atoms with Crippen molar-refractivity contribution in [3.8, 4) is 11.5 Å². The van der Waals surface area contributed by atoms with Crippen LogP contribution in [0.15, 0.2) is 47.4 Å². The Morgan fingerprint density at radius 3 is 2.76 bits per heavy atom. The third-order valence-corrected chi connectivity index (χ3v) is 6.18. The van der Waals surface area contributed by atoms with Crippen LogP contribution in [0.2, 0.25) is 0 Å². The number of halogens is 1. The zero-order valence-electron chi connectivity index (χ0n) is 13.7. The lowest BCUT2D eigenvalue weighted by Crippen LogP contribution is -2.30. The van der Waals surface area contributed by atoms with Crippen molar-refractivity contribution in [1.82, 2.24) is 5.32 Å². The van der Waals surface area contributed by atoms with E-state index < -0.39 is 22.4 Å². The van der Waals surface area contributed by atoms with E-state index >= 15 is 0 Å². The molecule has 2 atom stereocenters. The standard InChI is InChI=1S/C19H20FNO3S/c20-15-11-14(19-24-17-3-1-2-4-18(17)25(19)22)5-6-16(15)23-12-13-7-9-21-10-8-13/h1-6,11,13,19,21H,7-10,12H2. The van der Waals surface area contributed by atoms with E-state index in [0.717, 1.165) is 25.9 Å². The number of hydrogen-bond donors (Lipinski definition) is 1. The number of ether oxygens (including phenoxy) is 2. The number of hydrogen-bond acceptors (Lipinski definition) is 4. The lowest BCUT2D eigenvalue weighted by atomic mass is 9.99. The van der Waals surface area contributed by atoms with Crippen molar-refractivity contribution in [2.24, 2.45) is 5.92 Å². The maximum Gasteiger partial charge on any atom is 0.286 e. The number of benzene rings is 2. The molecule has 132 valence electrons. The van der Waals surface area contributed by atoms with Crippen LogP contribution in [0.5, 0.6) is 11.5 Å². The smallest absolute Gasteiger partial charge is 0.286 e. The quantitative estimate of drug-likeness (QED) is 0.848. The number of rotatable bonds is 4. The van der Waals surface area contributed by atoms with Crippen LogP contribution in [0.3, 0.4) is 0 Å². The zero-order valence-corrected chi connectivity index (χ0v) is 14.6. The predicted molar refractivity (Wildman–Crippen MR) is 93.7 cm³/mol. The topological polar surface area (TPSA) is 53.5 Å². The van der Waals surface area contributed by atoms with Gasteiger partial charge in [-0.1, -0.05) is 12.1 Å². The molecule has 1 N–H and O–H groups in total.